The van der Waals surface area contributed by atoms with Gasteiger partial charge >= 0.3 is 0 Å². The molecule has 0 aliphatic carbocycles. The predicted octanol–water partition coefficient (Wildman–Crippen LogP) is 2.67. The molecule has 0 spiro atoms. The van der Waals surface area contributed by atoms with E-state index in [-0.39, 0.29) is 12.0 Å². The van der Waals surface area contributed by atoms with Gasteiger partial charge in [0.25, 0.3) is 0 Å². The summed E-state index contributed by atoms with van der Waals surface area (Å²) >= 11 is 0. The topological polar surface area (TPSA) is 32.3 Å². The Bertz CT molecular complexity index is 293. The lowest BCUT2D eigenvalue weighted by Gasteiger charge is -2.08. The van der Waals surface area contributed by atoms with Crippen LogP contribution in [0.25, 0.3) is 0 Å². The van der Waals surface area contributed by atoms with Crippen molar-refractivity contribution in [3.63, 3.8) is 0 Å². The fourth-order valence-electron chi connectivity index (χ4n) is 1.16. The van der Waals surface area contributed by atoms with Crippen LogP contribution < -0.4 is 5.32 Å². The second kappa shape index (κ2) is 6.25. The molecule has 0 radical (unpaired) electrons. The SMILES string of the molecule is CC(C)[C@@H](O)/C=C\CNc1ccccc1. The Morgan fingerprint density at radius 2 is 1.93 bits per heavy atom. The Labute approximate surface area is 91.6 Å². The van der Waals surface area contributed by atoms with Crippen LogP contribution in [-0.4, -0.2) is 17.8 Å². The maximum absolute atomic E-state index is 9.51. The molecule has 0 fully saturated rings. The molecular formula is C13H19NO. The van der Waals surface area contributed by atoms with E-state index < -0.39 is 0 Å². The molecule has 2 N–H and O–H groups in total. The minimum atomic E-state index is -0.345. The summed E-state index contributed by atoms with van der Waals surface area (Å²) in [6.07, 6.45) is 3.45. The van der Waals surface area contributed by atoms with Crippen LogP contribution in [0.1, 0.15) is 13.8 Å². The van der Waals surface area contributed by atoms with Crippen LogP contribution in [0.5, 0.6) is 0 Å². The molecule has 0 unspecified atom stereocenters. The third-order valence-corrected chi connectivity index (χ3v) is 2.21. The van der Waals surface area contributed by atoms with Crippen LogP contribution in [0.3, 0.4) is 0 Å². The standard InChI is InChI=1S/C13H19NO/c1-11(2)13(15)9-6-10-14-12-7-4-3-5-8-12/h3-9,11,13-15H,10H2,1-2H3/b9-6-/t13-/m0/s1. The van der Waals surface area contributed by atoms with Gasteiger partial charge in [-0.25, -0.2) is 0 Å². The first-order chi connectivity index (χ1) is 7.20. The summed E-state index contributed by atoms with van der Waals surface area (Å²) in [6.45, 7) is 4.74. The normalized spacial score (nSPS) is 13.3. The first-order valence-electron chi connectivity index (χ1n) is 5.34. The molecule has 2 heteroatoms. The molecule has 15 heavy (non-hydrogen) atoms. The minimum Gasteiger partial charge on any atom is -0.389 e. The molecule has 0 saturated carbocycles. The van der Waals surface area contributed by atoms with Gasteiger partial charge in [0.05, 0.1) is 6.10 Å². The molecule has 82 valence electrons. The van der Waals surface area contributed by atoms with Crippen molar-refractivity contribution in [2.45, 2.75) is 20.0 Å². The fourth-order valence-corrected chi connectivity index (χ4v) is 1.16. The third-order valence-electron chi connectivity index (χ3n) is 2.21. The van der Waals surface area contributed by atoms with Gasteiger partial charge in [-0.1, -0.05) is 44.2 Å². The number of para-hydroxylation sites is 1. The maximum Gasteiger partial charge on any atom is 0.0744 e. The Morgan fingerprint density at radius 1 is 1.27 bits per heavy atom. The average Bonchev–Trinajstić information content (AvgIpc) is 2.25. The van der Waals surface area contributed by atoms with E-state index in [4.69, 9.17) is 0 Å². The molecule has 0 heterocycles. The smallest absolute Gasteiger partial charge is 0.0744 e. The van der Waals surface area contributed by atoms with Crippen molar-refractivity contribution in [2.75, 3.05) is 11.9 Å². The van der Waals surface area contributed by atoms with E-state index in [9.17, 15) is 5.11 Å². The Morgan fingerprint density at radius 3 is 2.53 bits per heavy atom. The first-order valence-corrected chi connectivity index (χ1v) is 5.34. The van der Waals surface area contributed by atoms with Gasteiger partial charge in [0, 0.05) is 12.2 Å². The molecule has 0 amide bonds. The van der Waals surface area contributed by atoms with Crippen molar-refractivity contribution in [1.29, 1.82) is 0 Å². The zero-order valence-corrected chi connectivity index (χ0v) is 9.35. The molecule has 0 aromatic heterocycles. The Hall–Kier alpha value is -1.28. The van der Waals surface area contributed by atoms with E-state index in [0.717, 1.165) is 12.2 Å². The van der Waals surface area contributed by atoms with E-state index in [2.05, 4.69) is 5.32 Å². The summed E-state index contributed by atoms with van der Waals surface area (Å²) in [6, 6.07) is 10.0. The van der Waals surface area contributed by atoms with Crippen LogP contribution in [0.2, 0.25) is 0 Å². The molecule has 1 aromatic rings. The fraction of sp³-hybridized carbons (Fsp3) is 0.385. The molecule has 1 rings (SSSR count). The van der Waals surface area contributed by atoms with Gasteiger partial charge in [-0.05, 0) is 18.1 Å². The van der Waals surface area contributed by atoms with Gasteiger partial charge in [0.2, 0.25) is 0 Å². The number of anilines is 1. The highest BCUT2D eigenvalue weighted by molar-refractivity contribution is 5.42. The van der Waals surface area contributed by atoms with Crippen LogP contribution >= 0.6 is 0 Å². The van der Waals surface area contributed by atoms with Crippen molar-refractivity contribution < 1.29 is 5.11 Å². The van der Waals surface area contributed by atoms with Gasteiger partial charge < -0.3 is 10.4 Å². The summed E-state index contributed by atoms with van der Waals surface area (Å²) in [5.41, 5.74) is 1.10. The van der Waals surface area contributed by atoms with E-state index in [1.807, 2.05) is 56.3 Å². The van der Waals surface area contributed by atoms with Gasteiger partial charge in [-0.15, -0.1) is 0 Å². The quantitative estimate of drug-likeness (QED) is 0.724. The van der Waals surface area contributed by atoms with Gasteiger partial charge in [-0.2, -0.15) is 0 Å². The van der Waals surface area contributed by atoms with Crippen LogP contribution in [-0.2, 0) is 0 Å². The number of nitrogens with one attached hydrogen (secondary N) is 1. The van der Waals surface area contributed by atoms with E-state index >= 15 is 0 Å². The van der Waals surface area contributed by atoms with Gasteiger partial charge in [-0.3, -0.25) is 0 Å². The molecule has 0 saturated heterocycles. The van der Waals surface area contributed by atoms with Crippen molar-refractivity contribution in [3.05, 3.63) is 42.5 Å². The summed E-state index contributed by atoms with van der Waals surface area (Å²) in [4.78, 5) is 0. The second-order valence-corrected chi connectivity index (χ2v) is 3.91. The van der Waals surface area contributed by atoms with Gasteiger partial charge in [0.1, 0.15) is 0 Å². The van der Waals surface area contributed by atoms with Crippen LogP contribution in [0.15, 0.2) is 42.5 Å². The summed E-state index contributed by atoms with van der Waals surface area (Å²) in [5, 5.41) is 12.8. The largest absolute Gasteiger partial charge is 0.389 e. The van der Waals surface area contributed by atoms with Crippen molar-refractivity contribution in [2.24, 2.45) is 5.92 Å². The molecule has 2 nitrogen and oxygen atoms in total. The summed E-state index contributed by atoms with van der Waals surface area (Å²) < 4.78 is 0. The molecule has 0 bridgehead atoms. The number of rotatable bonds is 5. The highest BCUT2D eigenvalue weighted by Crippen LogP contribution is 2.05. The molecule has 0 aliphatic rings. The third kappa shape index (κ3) is 4.66. The monoisotopic (exact) mass is 205 g/mol. The Balaban J connectivity index is 2.28. The number of hydrogen-bond donors (Lipinski definition) is 2. The number of benzene rings is 1. The van der Waals surface area contributed by atoms with E-state index in [1.165, 1.54) is 0 Å². The second-order valence-electron chi connectivity index (χ2n) is 3.91. The van der Waals surface area contributed by atoms with Gasteiger partial charge in [0.15, 0.2) is 0 Å². The molecule has 1 aromatic carbocycles. The predicted molar refractivity (Wildman–Crippen MR) is 64.9 cm³/mol. The minimum absolute atomic E-state index is 0.276. The van der Waals surface area contributed by atoms with Crippen molar-refractivity contribution >= 4 is 5.69 Å². The number of aliphatic hydroxyl groups is 1. The molecular weight excluding hydrogens is 186 g/mol. The zero-order chi connectivity index (χ0) is 11.1. The van der Waals surface area contributed by atoms with Crippen LogP contribution in [0.4, 0.5) is 5.69 Å². The number of aliphatic hydroxyl groups excluding tert-OH is 1. The van der Waals surface area contributed by atoms with E-state index in [0.29, 0.717) is 0 Å². The molecule has 0 aliphatic heterocycles. The number of hydrogen-bond acceptors (Lipinski definition) is 2. The summed E-state index contributed by atoms with van der Waals surface area (Å²) in [7, 11) is 0. The highest BCUT2D eigenvalue weighted by atomic mass is 16.3. The first kappa shape index (κ1) is 11.8. The van der Waals surface area contributed by atoms with Crippen molar-refractivity contribution in [3.8, 4) is 0 Å². The van der Waals surface area contributed by atoms with Crippen molar-refractivity contribution in [1.82, 2.24) is 0 Å². The average molecular weight is 205 g/mol. The maximum atomic E-state index is 9.51. The zero-order valence-electron chi connectivity index (χ0n) is 9.35. The van der Waals surface area contributed by atoms with E-state index in [1.54, 1.807) is 0 Å². The lowest BCUT2D eigenvalue weighted by Crippen LogP contribution is -2.11. The lowest BCUT2D eigenvalue weighted by atomic mass is 10.1. The Kier molecular flexibility index (Phi) is 4.91. The summed E-state index contributed by atoms with van der Waals surface area (Å²) in [5.74, 6) is 0.276. The lowest BCUT2D eigenvalue weighted by molar-refractivity contribution is 0.172. The van der Waals surface area contributed by atoms with Crippen LogP contribution in [0, 0.1) is 5.92 Å². The highest BCUT2D eigenvalue weighted by Gasteiger charge is 2.02. The molecule has 1 atom stereocenters.